The first-order chi connectivity index (χ1) is 3.35. The average molecular weight is 156 g/mol. The van der Waals surface area contributed by atoms with E-state index in [1.807, 2.05) is 0 Å². The zero-order chi connectivity index (χ0) is 5.70. The van der Waals surface area contributed by atoms with Crippen molar-refractivity contribution in [2.75, 3.05) is 0 Å². The van der Waals surface area contributed by atoms with Crippen molar-refractivity contribution in [3.63, 3.8) is 0 Å². The zero-order valence-electron chi connectivity index (χ0n) is 4.94. The molecule has 0 radical (unpaired) electrons. The Morgan fingerprint density at radius 3 is 1.25 bits per heavy atom. The van der Waals surface area contributed by atoms with E-state index in [2.05, 4.69) is 14.6 Å². The molecule has 0 saturated carbocycles. The third kappa shape index (κ3) is 5.51. The van der Waals surface area contributed by atoms with Gasteiger partial charge in [0, 0.05) is 0 Å². The van der Waals surface area contributed by atoms with E-state index in [-0.39, 0.29) is 52.8 Å². The Morgan fingerprint density at radius 1 is 1.00 bits per heavy atom. The normalized spacial score (nSPS) is 7.88. The van der Waals surface area contributed by atoms with Gasteiger partial charge in [0.05, 0.1) is 0 Å². The van der Waals surface area contributed by atoms with Crippen LogP contribution in [0, 0.1) is 0 Å². The molecule has 0 N–H and O–H groups in total. The molecular weight excluding hydrogens is 155 g/mol. The predicted octanol–water partition coefficient (Wildman–Crippen LogP) is -2.21. The van der Waals surface area contributed by atoms with Crippen molar-refractivity contribution in [3.8, 4) is 0 Å². The van der Waals surface area contributed by atoms with Crippen molar-refractivity contribution in [1.29, 1.82) is 0 Å². The molecule has 0 spiro atoms. The van der Waals surface area contributed by atoms with E-state index in [9.17, 15) is 13.6 Å². The Hall–Kier alpha value is 1.37. The van der Waals surface area contributed by atoms with Crippen LogP contribution in [0.25, 0.3) is 0 Å². The predicted molar refractivity (Wildman–Crippen MR) is 13.4 cm³/mol. The maximum atomic E-state index is 10.4. The first-order valence-electron chi connectivity index (χ1n) is 1.17. The van der Waals surface area contributed by atoms with Crippen LogP contribution in [0.2, 0.25) is 0 Å². The Labute approximate surface area is 87.2 Å². The van der Waals surface area contributed by atoms with Crippen molar-refractivity contribution in [1.82, 2.24) is 0 Å². The van der Waals surface area contributed by atoms with Crippen LogP contribution in [-0.4, -0.2) is 7.32 Å². The van der Waals surface area contributed by atoms with Gasteiger partial charge in [0.2, 0.25) is 0 Å². The van der Waals surface area contributed by atoms with Crippen LogP contribution in [0.4, 0.5) is 13.6 Å². The summed E-state index contributed by atoms with van der Waals surface area (Å²) in [6.45, 7) is 0. The Morgan fingerprint density at radius 2 is 1.25 bits per heavy atom. The Bertz CT molecular complexity index is 40.5. The van der Waals surface area contributed by atoms with Crippen LogP contribution in [0.15, 0.2) is 0 Å². The molecule has 0 unspecified atom stereocenters. The summed E-state index contributed by atoms with van der Waals surface area (Å²) in [4.78, 5) is 7.06. The maximum absolute atomic E-state index is 10.4. The molecule has 0 aromatic heterocycles. The molecule has 0 aliphatic heterocycles. The molecule has 0 bridgehead atoms. The van der Waals surface area contributed by atoms with E-state index in [0.717, 1.165) is 0 Å². The van der Waals surface area contributed by atoms with E-state index in [1.54, 1.807) is 0 Å². The minimum Gasteiger partial charge on any atom is -1.00 e. The molecule has 0 aromatic rings. The van der Waals surface area contributed by atoms with Gasteiger partial charge >= 0.3 is 58.7 Å². The van der Waals surface area contributed by atoms with Gasteiger partial charge in [-0.25, -0.2) is 0 Å². The molecule has 0 fully saturated rings. The maximum Gasteiger partial charge on any atom is 1.00 e. The molecule has 0 amide bonds. The average Bonchev–Trinajstić information content (AvgIpc) is 1.72. The molecule has 8 heteroatoms. The third-order valence-corrected chi connectivity index (χ3v) is 0.218. The van der Waals surface area contributed by atoms with Gasteiger partial charge in [-0.15, -0.1) is 0 Å². The fourth-order valence-corrected chi connectivity index (χ4v) is 0.0412. The van der Waals surface area contributed by atoms with Crippen molar-refractivity contribution < 1.29 is 81.0 Å². The number of halogens is 3. The monoisotopic (exact) mass is 156 g/mol. The van der Waals surface area contributed by atoms with Gasteiger partial charge in [-0.05, 0) is 0 Å². The van der Waals surface area contributed by atoms with Gasteiger partial charge in [0.25, 0.3) is 0 Å². The van der Waals surface area contributed by atoms with E-state index in [0.29, 0.717) is 0 Å². The largest absolute Gasteiger partial charge is 1.00 e. The minimum atomic E-state index is -2.51. The van der Waals surface area contributed by atoms with Crippen LogP contribution >= 0.6 is 0 Å². The van der Waals surface area contributed by atoms with Crippen LogP contribution in [0.3, 0.4) is 0 Å². The van der Waals surface area contributed by atoms with Gasteiger partial charge in [0.1, 0.15) is 0 Å². The number of hydrogen-bond donors (Lipinski definition) is 0. The second kappa shape index (κ2) is 8.37. The summed E-state index contributed by atoms with van der Waals surface area (Å²) in [5, 5.41) is 0. The minimum absolute atomic E-state index is 0. The fourth-order valence-electron chi connectivity index (χ4n) is 0.0412. The van der Waals surface area contributed by atoms with E-state index < -0.39 is 7.32 Å². The molecule has 0 saturated heterocycles. The molecule has 44 valence electrons. The number of rotatable bonds is 3. The van der Waals surface area contributed by atoms with Gasteiger partial charge < -0.3 is 1.43 Å². The van der Waals surface area contributed by atoms with E-state index >= 15 is 0 Å². The summed E-state index contributed by atoms with van der Waals surface area (Å²) in [6.07, 6.45) is 0. The summed E-state index contributed by atoms with van der Waals surface area (Å²) >= 11 is 0. The molecule has 0 aliphatic rings. The van der Waals surface area contributed by atoms with Crippen molar-refractivity contribution in [2.45, 2.75) is 0 Å². The standard InChI is InChI=1S/BF3O3.K.H/c2-5-1(6-3)7-4;;/q;+1;-1. The number of hydrogen-bond acceptors (Lipinski definition) is 3. The molecule has 8 heavy (non-hydrogen) atoms. The Balaban J connectivity index is -0.000000180. The van der Waals surface area contributed by atoms with Crippen LogP contribution in [-0.2, 0) is 14.6 Å². The second-order valence-corrected chi connectivity index (χ2v) is 0.556. The van der Waals surface area contributed by atoms with Gasteiger partial charge in [-0.3, -0.25) is 0 Å². The molecule has 0 atom stereocenters. The van der Waals surface area contributed by atoms with Gasteiger partial charge in [0.15, 0.2) is 0 Å². The summed E-state index contributed by atoms with van der Waals surface area (Å²) in [6, 6.07) is 0. The van der Waals surface area contributed by atoms with Crippen molar-refractivity contribution >= 4 is 7.32 Å². The van der Waals surface area contributed by atoms with E-state index in [4.69, 9.17) is 0 Å². The van der Waals surface area contributed by atoms with E-state index in [1.165, 1.54) is 0 Å². The fraction of sp³-hybridized carbons (Fsp3) is 0. The zero-order valence-corrected chi connectivity index (χ0v) is 7.06. The quantitative estimate of drug-likeness (QED) is 0.433. The smallest absolute Gasteiger partial charge is 1.00 e. The SMILES string of the molecule is FOB(OF)OF.[H-].[K+]. The second-order valence-electron chi connectivity index (χ2n) is 0.556. The van der Waals surface area contributed by atoms with Crippen LogP contribution < -0.4 is 51.4 Å². The summed E-state index contributed by atoms with van der Waals surface area (Å²) in [5.74, 6) is 0. The molecule has 3 nitrogen and oxygen atoms in total. The van der Waals surface area contributed by atoms with Gasteiger partial charge in [-0.1, -0.05) is 13.6 Å². The topological polar surface area (TPSA) is 27.7 Å². The molecule has 0 aliphatic carbocycles. The van der Waals surface area contributed by atoms with Gasteiger partial charge in [-0.2, -0.15) is 14.6 Å². The van der Waals surface area contributed by atoms with Crippen LogP contribution in [0.5, 0.6) is 0 Å². The third-order valence-electron chi connectivity index (χ3n) is 0.218. The summed E-state index contributed by atoms with van der Waals surface area (Å²) in [5.41, 5.74) is 0. The molecule has 0 rings (SSSR count). The van der Waals surface area contributed by atoms with Crippen molar-refractivity contribution in [3.05, 3.63) is 0 Å². The van der Waals surface area contributed by atoms with Crippen molar-refractivity contribution in [2.24, 2.45) is 0 Å². The molecular formula is HBF3KO3. The summed E-state index contributed by atoms with van der Waals surface area (Å²) < 4.78 is 31.3. The molecule has 0 heterocycles. The first kappa shape index (κ1) is 12.1. The molecule has 0 aromatic carbocycles. The van der Waals surface area contributed by atoms with Crippen LogP contribution in [0.1, 0.15) is 1.43 Å². The summed E-state index contributed by atoms with van der Waals surface area (Å²) in [7, 11) is -2.51. The first-order valence-corrected chi connectivity index (χ1v) is 1.17. The Kier molecular flexibility index (Phi) is 12.6.